The standard InChI is InChI=1S/C16H22N2O6S2/c1-12(19)13-3-5-14(6-4-13)26(23,24)17-9-7-15(20)18-16(2)8-10-25(21,22)11-16/h3-6,17H,7-11H2,1-2H3,(H,18,20)/t16-/m0/s1. The van der Waals surface area contributed by atoms with Crippen LogP contribution in [0, 0.1) is 0 Å². The van der Waals surface area contributed by atoms with E-state index in [0.717, 1.165) is 0 Å². The molecule has 1 aliphatic heterocycles. The van der Waals surface area contributed by atoms with Gasteiger partial charge in [0.05, 0.1) is 21.9 Å². The molecule has 0 aliphatic carbocycles. The van der Waals surface area contributed by atoms with Crippen LogP contribution < -0.4 is 10.0 Å². The average molecular weight is 402 g/mol. The number of hydrogen-bond donors (Lipinski definition) is 2. The van der Waals surface area contributed by atoms with Crippen molar-refractivity contribution in [3.8, 4) is 0 Å². The molecule has 0 unspecified atom stereocenters. The van der Waals surface area contributed by atoms with E-state index in [1.807, 2.05) is 0 Å². The number of benzene rings is 1. The largest absolute Gasteiger partial charge is 0.350 e. The van der Waals surface area contributed by atoms with E-state index in [9.17, 15) is 26.4 Å². The van der Waals surface area contributed by atoms with Crippen molar-refractivity contribution in [2.45, 2.75) is 37.1 Å². The average Bonchev–Trinajstić information content (AvgIpc) is 2.80. The van der Waals surface area contributed by atoms with Crippen LogP contribution in [0.4, 0.5) is 0 Å². The van der Waals surface area contributed by atoms with Gasteiger partial charge in [0.15, 0.2) is 15.6 Å². The molecule has 0 spiro atoms. The van der Waals surface area contributed by atoms with Crippen molar-refractivity contribution in [1.82, 2.24) is 10.0 Å². The summed E-state index contributed by atoms with van der Waals surface area (Å²) in [5, 5.41) is 2.67. The smallest absolute Gasteiger partial charge is 0.240 e. The number of Topliss-reactive ketones (excluding diaryl/α,β-unsaturated/α-hetero) is 1. The molecule has 0 saturated carbocycles. The molecule has 2 N–H and O–H groups in total. The fourth-order valence-electron chi connectivity index (χ4n) is 2.76. The van der Waals surface area contributed by atoms with Gasteiger partial charge in [-0.2, -0.15) is 0 Å². The van der Waals surface area contributed by atoms with E-state index in [4.69, 9.17) is 0 Å². The summed E-state index contributed by atoms with van der Waals surface area (Å²) >= 11 is 0. The summed E-state index contributed by atoms with van der Waals surface area (Å²) in [5.74, 6) is -0.660. The minimum atomic E-state index is -3.80. The summed E-state index contributed by atoms with van der Waals surface area (Å²) in [6.07, 6.45) is 0.232. The van der Waals surface area contributed by atoms with Crippen LogP contribution in [0.1, 0.15) is 37.0 Å². The van der Waals surface area contributed by atoms with Crippen molar-refractivity contribution in [1.29, 1.82) is 0 Å². The van der Waals surface area contributed by atoms with Crippen LogP contribution in [0.15, 0.2) is 29.2 Å². The van der Waals surface area contributed by atoms with Crippen molar-refractivity contribution < 1.29 is 26.4 Å². The number of carbonyl (C=O) groups excluding carboxylic acids is 2. The number of hydrogen-bond acceptors (Lipinski definition) is 6. The zero-order chi connectivity index (χ0) is 19.6. The third-order valence-corrected chi connectivity index (χ3v) is 7.54. The van der Waals surface area contributed by atoms with Crippen LogP contribution in [-0.2, 0) is 24.7 Å². The third-order valence-electron chi connectivity index (χ3n) is 4.16. The number of sulfonamides is 1. The molecule has 1 amide bonds. The van der Waals surface area contributed by atoms with Gasteiger partial charge < -0.3 is 5.32 Å². The van der Waals surface area contributed by atoms with E-state index in [2.05, 4.69) is 10.0 Å². The maximum absolute atomic E-state index is 12.2. The molecular weight excluding hydrogens is 380 g/mol. The van der Waals surface area contributed by atoms with Crippen molar-refractivity contribution in [3.05, 3.63) is 29.8 Å². The quantitative estimate of drug-likeness (QED) is 0.630. The predicted octanol–water partition coefficient (Wildman–Crippen LogP) is 0.251. The summed E-state index contributed by atoms with van der Waals surface area (Å²) in [6, 6.07) is 5.49. The molecular formula is C16H22N2O6S2. The Morgan fingerprint density at radius 1 is 1.19 bits per heavy atom. The molecule has 1 heterocycles. The van der Waals surface area contributed by atoms with E-state index in [1.165, 1.54) is 31.2 Å². The maximum atomic E-state index is 12.2. The molecule has 10 heteroatoms. The Bertz CT molecular complexity index is 907. The Labute approximate surface area is 153 Å². The first-order chi connectivity index (χ1) is 11.9. The number of ketones is 1. The lowest BCUT2D eigenvalue weighted by molar-refractivity contribution is -0.122. The molecule has 1 atom stereocenters. The van der Waals surface area contributed by atoms with Crippen LogP contribution in [-0.4, -0.2) is 52.1 Å². The van der Waals surface area contributed by atoms with Gasteiger partial charge in [-0.3, -0.25) is 9.59 Å². The molecule has 1 fully saturated rings. The minimum absolute atomic E-state index is 0.00300. The van der Waals surface area contributed by atoms with Gasteiger partial charge >= 0.3 is 0 Å². The topological polar surface area (TPSA) is 126 Å². The Morgan fingerprint density at radius 3 is 2.31 bits per heavy atom. The number of amides is 1. The van der Waals surface area contributed by atoms with Crippen molar-refractivity contribution in [2.75, 3.05) is 18.1 Å². The number of rotatable bonds is 7. The van der Waals surface area contributed by atoms with Gasteiger partial charge in [-0.25, -0.2) is 21.6 Å². The molecule has 144 valence electrons. The lowest BCUT2D eigenvalue weighted by atomic mass is 10.0. The number of sulfone groups is 1. The van der Waals surface area contributed by atoms with Gasteiger partial charge in [0, 0.05) is 18.5 Å². The summed E-state index contributed by atoms with van der Waals surface area (Å²) in [5.41, 5.74) is -0.403. The Balaban J connectivity index is 1.88. The van der Waals surface area contributed by atoms with Crippen molar-refractivity contribution >= 4 is 31.6 Å². The highest BCUT2D eigenvalue weighted by Gasteiger charge is 2.39. The van der Waals surface area contributed by atoms with E-state index >= 15 is 0 Å². The molecule has 0 bridgehead atoms. The Kier molecular flexibility index (Phi) is 5.89. The summed E-state index contributed by atoms with van der Waals surface area (Å²) < 4.78 is 49.7. The van der Waals surface area contributed by atoms with Gasteiger partial charge in [0.2, 0.25) is 15.9 Å². The third kappa shape index (κ3) is 5.36. The molecule has 1 aromatic carbocycles. The van der Waals surface area contributed by atoms with Gasteiger partial charge in [0.1, 0.15) is 0 Å². The first-order valence-electron chi connectivity index (χ1n) is 8.05. The highest BCUT2D eigenvalue weighted by molar-refractivity contribution is 7.91. The summed E-state index contributed by atoms with van der Waals surface area (Å²) in [6.45, 7) is 2.93. The Hall–Kier alpha value is -1.78. The van der Waals surface area contributed by atoms with E-state index in [-0.39, 0.29) is 35.2 Å². The van der Waals surface area contributed by atoms with Crippen molar-refractivity contribution in [2.24, 2.45) is 0 Å². The fraction of sp³-hybridized carbons (Fsp3) is 0.500. The maximum Gasteiger partial charge on any atom is 0.240 e. The highest BCUT2D eigenvalue weighted by atomic mass is 32.2. The summed E-state index contributed by atoms with van der Waals surface area (Å²) in [7, 11) is -6.94. The minimum Gasteiger partial charge on any atom is -0.350 e. The predicted molar refractivity (Wildman–Crippen MR) is 96.1 cm³/mol. The SMILES string of the molecule is CC(=O)c1ccc(S(=O)(=O)NCCC(=O)N[C@@]2(C)CCS(=O)(=O)C2)cc1. The van der Waals surface area contributed by atoms with Gasteiger partial charge in [-0.15, -0.1) is 0 Å². The van der Waals surface area contributed by atoms with Crippen LogP contribution in [0.2, 0.25) is 0 Å². The number of nitrogens with one attached hydrogen (secondary N) is 2. The first kappa shape index (κ1) is 20.5. The zero-order valence-corrected chi connectivity index (χ0v) is 16.2. The van der Waals surface area contributed by atoms with Gasteiger partial charge in [0.25, 0.3) is 0 Å². The lowest BCUT2D eigenvalue weighted by Gasteiger charge is -2.23. The molecule has 1 aliphatic rings. The van der Waals surface area contributed by atoms with Crippen LogP contribution in [0.5, 0.6) is 0 Å². The summed E-state index contributed by atoms with van der Waals surface area (Å²) in [4.78, 5) is 23.2. The van der Waals surface area contributed by atoms with Gasteiger partial charge in [-0.1, -0.05) is 12.1 Å². The van der Waals surface area contributed by atoms with Crippen LogP contribution in [0.3, 0.4) is 0 Å². The molecule has 8 nitrogen and oxygen atoms in total. The Morgan fingerprint density at radius 2 is 1.81 bits per heavy atom. The molecule has 1 saturated heterocycles. The van der Waals surface area contributed by atoms with Crippen LogP contribution in [0.25, 0.3) is 0 Å². The fourth-order valence-corrected chi connectivity index (χ4v) is 5.88. The van der Waals surface area contributed by atoms with Gasteiger partial charge in [-0.05, 0) is 32.4 Å². The molecule has 0 radical (unpaired) electrons. The zero-order valence-electron chi connectivity index (χ0n) is 14.6. The van der Waals surface area contributed by atoms with E-state index in [1.54, 1.807) is 6.92 Å². The van der Waals surface area contributed by atoms with Crippen LogP contribution >= 0.6 is 0 Å². The molecule has 26 heavy (non-hydrogen) atoms. The van der Waals surface area contributed by atoms with Crippen molar-refractivity contribution in [3.63, 3.8) is 0 Å². The second-order valence-corrected chi connectivity index (χ2v) is 10.6. The first-order valence-corrected chi connectivity index (χ1v) is 11.4. The highest BCUT2D eigenvalue weighted by Crippen LogP contribution is 2.22. The molecule has 2 rings (SSSR count). The lowest BCUT2D eigenvalue weighted by Crippen LogP contribution is -2.47. The second kappa shape index (κ2) is 7.45. The molecule has 1 aromatic rings. The van der Waals surface area contributed by atoms with E-state index in [0.29, 0.717) is 12.0 Å². The number of carbonyl (C=O) groups is 2. The van der Waals surface area contributed by atoms with E-state index < -0.39 is 31.3 Å². The normalized spacial score (nSPS) is 22.1. The second-order valence-electron chi connectivity index (χ2n) is 6.68. The molecule has 0 aromatic heterocycles. The monoisotopic (exact) mass is 402 g/mol.